The van der Waals surface area contributed by atoms with Crippen LogP contribution in [0.1, 0.15) is 10.4 Å². The summed E-state index contributed by atoms with van der Waals surface area (Å²) in [6, 6.07) is 16.1. The Balaban J connectivity index is 1.97. The van der Waals surface area contributed by atoms with Crippen LogP contribution >= 0.6 is 0 Å². The smallest absolute Gasteiger partial charge is 0.258 e. The zero-order valence-corrected chi connectivity index (χ0v) is 12.2. The molecular weight excluding hydrogens is 278 g/mol. The van der Waals surface area contributed by atoms with E-state index in [1.807, 2.05) is 24.3 Å². The Labute approximate surface area is 127 Å². The van der Waals surface area contributed by atoms with Crippen LogP contribution in [0.15, 0.2) is 65.6 Å². The zero-order valence-electron chi connectivity index (χ0n) is 12.2. The van der Waals surface area contributed by atoms with E-state index in [-0.39, 0.29) is 17.9 Å². The highest BCUT2D eigenvalue weighted by atomic mass is 16.5. The molecule has 0 unspecified atom stereocenters. The van der Waals surface area contributed by atoms with Crippen LogP contribution in [0, 0.1) is 0 Å². The summed E-state index contributed by atoms with van der Waals surface area (Å²) in [6.45, 7) is 0.0326. The number of methoxy groups -OCH3 is 1. The maximum atomic E-state index is 12.5. The summed E-state index contributed by atoms with van der Waals surface area (Å²) in [6.07, 6.45) is 1.64. The van der Waals surface area contributed by atoms with Gasteiger partial charge in [0.15, 0.2) is 5.78 Å². The van der Waals surface area contributed by atoms with Gasteiger partial charge in [-0.3, -0.25) is 9.59 Å². The molecule has 110 valence electrons. The van der Waals surface area contributed by atoms with Gasteiger partial charge in [0, 0.05) is 17.1 Å². The molecule has 0 atom stereocenters. The lowest BCUT2D eigenvalue weighted by atomic mass is 10.1. The predicted molar refractivity (Wildman–Crippen MR) is 85.5 cm³/mol. The molecule has 0 aliphatic carbocycles. The van der Waals surface area contributed by atoms with E-state index >= 15 is 0 Å². The van der Waals surface area contributed by atoms with Gasteiger partial charge in [-0.05, 0) is 29.7 Å². The maximum Gasteiger partial charge on any atom is 0.258 e. The standard InChI is InChI=1S/C18H15NO3/c1-22-15-7-8-16-14(11-15)9-10-19(18(16)21)12-17(20)13-5-3-2-4-6-13/h2-11H,12H2,1H3. The Bertz CT molecular complexity index is 882. The van der Waals surface area contributed by atoms with Crippen molar-refractivity contribution < 1.29 is 9.53 Å². The molecule has 0 saturated heterocycles. The second kappa shape index (κ2) is 5.85. The van der Waals surface area contributed by atoms with E-state index in [2.05, 4.69) is 0 Å². The molecule has 2 aromatic carbocycles. The van der Waals surface area contributed by atoms with Gasteiger partial charge < -0.3 is 9.30 Å². The van der Waals surface area contributed by atoms with E-state index in [1.54, 1.807) is 43.6 Å². The molecule has 0 radical (unpaired) electrons. The number of hydrogen-bond donors (Lipinski definition) is 0. The highest BCUT2D eigenvalue weighted by Crippen LogP contribution is 2.17. The number of benzene rings is 2. The molecule has 0 spiro atoms. The van der Waals surface area contributed by atoms with Gasteiger partial charge in [0.05, 0.1) is 13.7 Å². The minimum Gasteiger partial charge on any atom is -0.497 e. The van der Waals surface area contributed by atoms with Gasteiger partial charge in [-0.2, -0.15) is 0 Å². The SMILES string of the molecule is COc1ccc2c(=O)n(CC(=O)c3ccccc3)ccc2c1. The van der Waals surface area contributed by atoms with Gasteiger partial charge >= 0.3 is 0 Å². The molecule has 0 fully saturated rings. The molecular formula is C18H15NO3. The summed E-state index contributed by atoms with van der Waals surface area (Å²) in [4.78, 5) is 24.7. The predicted octanol–water partition coefficient (Wildman–Crippen LogP) is 2.89. The molecule has 3 aromatic rings. The quantitative estimate of drug-likeness (QED) is 0.695. The summed E-state index contributed by atoms with van der Waals surface area (Å²) in [7, 11) is 1.58. The number of ether oxygens (including phenoxy) is 1. The molecule has 4 nitrogen and oxygen atoms in total. The van der Waals surface area contributed by atoms with E-state index in [0.717, 1.165) is 5.39 Å². The Kier molecular flexibility index (Phi) is 3.74. The first kappa shape index (κ1) is 14.1. The lowest BCUT2D eigenvalue weighted by molar-refractivity contribution is 0.0971. The molecule has 0 N–H and O–H groups in total. The molecule has 0 amide bonds. The molecule has 22 heavy (non-hydrogen) atoms. The van der Waals surface area contributed by atoms with Crippen molar-refractivity contribution in [2.24, 2.45) is 0 Å². The summed E-state index contributed by atoms with van der Waals surface area (Å²) >= 11 is 0. The van der Waals surface area contributed by atoms with Crippen LogP contribution in [-0.2, 0) is 6.54 Å². The van der Waals surface area contributed by atoms with Crippen LogP contribution in [0.3, 0.4) is 0 Å². The molecule has 3 rings (SSSR count). The van der Waals surface area contributed by atoms with Crippen molar-refractivity contribution >= 4 is 16.6 Å². The Hall–Kier alpha value is -2.88. The van der Waals surface area contributed by atoms with Gasteiger partial charge in [0.25, 0.3) is 5.56 Å². The van der Waals surface area contributed by atoms with Crippen molar-refractivity contribution in [3.8, 4) is 5.75 Å². The number of nitrogens with zero attached hydrogens (tertiary/aromatic N) is 1. The molecule has 0 bridgehead atoms. The number of ketones is 1. The average molecular weight is 293 g/mol. The van der Waals surface area contributed by atoms with Crippen molar-refractivity contribution in [1.82, 2.24) is 4.57 Å². The van der Waals surface area contributed by atoms with Gasteiger partial charge in [-0.15, -0.1) is 0 Å². The molecule has 1 aromatic heterocycles. The van der Waals surface area contributed by atoms with E-state index in [0.29, 0.717) is 16.7 Å². The summed E-state index contributed by atoms with van der Waals surface area (Å²) in [5.41, 5.74) is 0.425. The first-order valence-corrected chi connectivity index (χ1v) is 6.94. The third kappa shape index (κ3) is 2.63. The monoisotopic (exact) mass is 293 g/mol. The zero-order chi connectivity index (χ0) is 15.5. The second-order valence-electron chi connectivity index (χ2n) is 4.99. The minimum absolute atomic E-state index is 0.0326. The van der Waals surface area contributed by atoms with Gasteiger partial charge in [0.2, 0.25) is 0 Å². The fraction of sp³-hybridized carbons (Fsp3) is 0.111. The largest absolute Gasteiger partial charge is 0.497 e. The van der Waals surface area contributed by atoms with Gasteiger partial charge in [0.1, 0.15) is 5.75 Å². The van der Waals surface area contributed by atoms with Crippen molar-refractivity contribution in [1.29, 1.82) is 0 Å². The number of hydrogen-bond acceptors (Lipinski definition) is 3. The highest BCUT2D eigenvalue weighted by Gasteiger charge is 2.09. The van der Waals surface area contributed by atoms with Crippen molar-refractivity contribution in [3.05, 3.63) is 76.7 Å². The number of fused-ring (bicyclic) bond motifs is 1. The topological polar surface area (TPSA) is 48.3 Å². The van der Waals surface area contributed by atoms with E-state index in [4.69, 9.17) is 4.74 Å². The normalized spacial score (nSPS) is 10.6. The second-order valence-corrected chi connectivity index (χ2v) is 4.99. The first-order valence-electron chi connectivity index (χ1n) is 6.94. The van der Waals surface area contributed by atoms with Crippen LogP contribution in [0.25, 0.3) is 10.8 Å². The minimum atomic E-state index is -0.176. The Morgan fingerprint density at radius 1 is 1.09 bits per heavy atom. The van der Waals surface area contributed by atoms with Gasteiger partial charge in [-0.1, -0.05) is 30.3 Å². The lowest BCUT2D eigenvalue weighted by Crippen LogP contribution is -2.23. The van der Waals surface area contributed by atoms with Crippen LogP contribution in [0.2, 0.25) is 0 Å². The van der Waals surface area contributed by atoms with E-state index < -0.39 is 0 Å². The Morgan fingerprint density at radius 2 is 1.86 bits per heavy atom. The van der Waals surface area contributed by atoms with Crippen molar-refractivity contribution in [3.63, 3.8) is 0 Å². The fourth-order valence-corrected chi connectivity index (χ4v) is 2.39. The maximum absolute atomic E-state index is 12.5. The summed E-state index contributed by atoms with van der Waals surface area (Å²) < 4.78 is 6.59. The third-order valence-corrected chi connectivity index (χ3v) is 3.59. The van der Waals surface area contributed by atoms with Crippen LogP contribution < -0.4 is 10.3 Å². The molecule has 4 heteroatoms. The van der Waals surface area contributed by atoms with E-state index in [9.17, 15) is 9.59 Å². The van der Waals surface area contributed by atoms with E-state index in [1.165, 1.54) is 4.57 Å². The molecule has 0 aliphatic rings. The van der Waals surface area contributed by atoms with Crippen LogP contribution in [0.4, 0.5) is 0 Å². The fourth-order valence-electron chi connectivity index (χ4n) is 2.39. The number of pyridine rings is 1. The Morgan fingerprint density at radius 3 is 2.59 bits per heavy atom. The number of Topliss-reactive ketones (excluding diaryl/α,β-unsaturated/α-hetero) is 1. The number of carbonyl (C=O) groups excluding carboxylic acids is 1. The number of carbonyl (C=O) groups is 1. The first-order chi connectivity index (χ1) is 10.7. The molecule has 0 saturated carbocycles. The highest BCUT2D eigenvalue weighted by molar-refractivity contribution is 5.96. The van der Waals surface area contributed by atoms with Gasteiger partial charge in [-0.25, -0.2) is 0 Å². The third-order valence-electron chi connectivity index (χ3n) is 3.59. The van der Waals surface area contributed by atoms with Crippen molar-refractivity contribution in [2.75, 3.05) is 7.11 Å². The lowest BCUT2D eigenvalue weighted by Gasteiger charge is -2.08. The molecule has 1 heterocycles. The number of aromatic nitrogens is 1. The summed E-state index contributed by atoms with van der Waals surface area (Å²) in [5, 5.41) is 1.37. The van der Waals surface area contributed by atoms with Crippen molar-refractivity contribution in [2.45, 2.75) is 6.54 Å². The van der Waals surface area contributed by atoms with Crippen LogP contribution in [0.5, 0.6) is 5.75 Å². The number of rotatable bonds is 4. The molecule has 0 aliphatic heterocycles. The van der Waals surface area contributed by atoms with Crippen LogP contribution in [-0.4, -0.2) is 17.5 Å². The summed E-state index contributed by atoms with van der Waals surface area (Å²) in [5.74, 6) is 0.612. The average Bonchev–Trinajstić information content (AvgIpc) is 2.57.